The number of anilines is 2. The van der Waals surface area contributed by atoms with Gasteiger partial charge in [0.2, 0.25) is 21.9 Å². The monoisotopic (exact) mass is 615 g/mol. The Morgan fingerprint density at radius 3 is 2.53 bits per heavy atom. The van der Waals surface area contributed by atoms with Gasteiger partial charge in [0, 0.05) is 41.9 Å². The fraction of sp³-hybridized carbons (Fsp3) is 0.286. The lowest BCUT2D eigenvalue weighted by atomic mass is 10.1. The maximum atomic E-state index is 15.0. The van der Waals surface area contributed by atoms with Gasteiger partial charge in [0.1, 0.15) is 35.2 Å². The highest BCUT2D eigenvalue weighted by atomic mass is 32.2. The fourth-order valence-electron chi connectivity index (χ4n) is 4.47. The van der Waals surface area contributed by atoms with E-state index in [1.165, 1.54) is 44.7 Å². The zero-order valence-electron chi connectivity index (χ0n) is 23.4. The molecule has 2 aromatic heterocycles. The first-order chi connectivity index (χ1) is 20.6. The van der Waals surface area contributed by atoms with Crippen LogP contribution in [-0.4, -0.2) is 76.1 Å². The zero-order valence-corrected chi connectivity index (χ0v) is 24.2. The number of carbonyl (C=O) groups is 1. The number of aromatic nitrogens is 3. The smallest absolute Gasteiger partial charge is 0.337 e. The summed E-state index contributed by atoms with van der Waals surface area (Å²) in [7, 11) is -1.16. The molecule has 0 unspecified atom stereocenters. The van der Waals surface area contributed by atoms with E-state index >= 15 is 4.39 Å². The fourth-order valence-corrected chi connectivity index (χ4v) is 5.02. The Morgan fingerprint density at radius 1 is 1.09 bits per heavy atom. The second kappa shape index (κ2) is 12.3. The number of pyridine rings is 1. The minimum absolute atomic E-state index is 0.0144. The van der Waals surface area contributed by atoms with Crippen LogP contribution in [0.2, 0.25) is 0 Å². The quantitative estimate of drug-likeness (QED) is 0.276. The number of methoxy groups -OCH3 is 2. The van der Waals surface area contributed by atoms with Gasteiger partial charge in [-0.05, 0) is 24.3 Å². The van der Waals surface area contributed by atoms with Crippen molar-refractivity contribution in [2.24, 2.45) is 0 Å². The molecule has 0 bridgehead atoms. The number of sulfonamides is 1. The molecule has 226 valence electrons. The Hall–Kier alpha value is -4.63. The maximum absolute atomic E-state index is 15.0. The van der Waals surface area contributed by atoms with Crippen molar-refractivity contribution in [2.75, 3.05) is 56.4 Å². The van der Waals surface area contributed by atoms with Crippen LogP contribution >= 0.6 is 0 Å². The van der Waals surface area contributed by atoms with E-state index in [0.29, 0.717) is 37.8 Å². The van der Waals surface area contributed by atoms with Gasteiger partial charge >= 0.3 is 5.97 Å². The van der Waals surface area contributed by atoms with Crippen molar-refractivity contribution in [1.82, 2.24) is 15.0 Å². The van der Waals surface area contributed by atoms with Crippen molar-refractivity contribution < 1.29 is 40.9 Å². The number of benzene rings is 2. The van der Waals surface area contributed by atoms with Gasteiger partial charge in [-0.2, -0.15) is 0 Å². The third kappa shape index (κ3) is 6.73. The number of rotatable bonds is 9. The molecule has 5 rings (SSSR count). The largest absolute Gasteiger partial charge is 0.486 e. The number of fused-ring (bicyclic) bond motifs is 1. The molecule has 3 heterocycles. The number of carbonyl (C=O) groups excluding carboxylic acids is 1. The molecule has 1 saturated heterocycles. The summed E-state index contributed by atoms with van der Waals surface area (Å²) in [5, 5.41) is 0.241. The van der Waals surface area contributed by atoms with Crippen LogP contribution in [0.5, 0.6) is 11.6 Å². The lowest BCUT2D eigenvalue weighted by Crippen LogP contribution is -2.37. The Balaban J connectivity index is 1.62. The molecule has 2 aromatic carbocycles. The molecular weight excluding hydrogens is 588 g/mol. The van der Waals surface area contributed by atoms with Gasteiger partial charge < -0.3 is 23.8 Å². The lowest BCUT2D eigenvalue weighted by molar-refractivity contribution is 0.0600. The van der Waals surface area contributed by atoms with Gasteiger partial charge in [-0.1, -0.05) is 6.07 Å². The number of esters is 1. The molecule has 0 spiro atoms. The third-order valence-electron chi connectivity index (χ3n) is 6.48. The van der Waals surface area contributed by atoms with E-state index in [1.54, 1.807) is 0 Å². The van der Waals surface area contributed by atoms with Crippen LogP contribution < -0.4 is 19.1 Å². The average Bonchev–Trinajstić information content (AvgIpc) is 2.99. The summed E-state index contributed by atoms with van der Waals surface area (Å²) >= 11 is 0. The molecule has 1 fully saturated rings. The number of hydrogen-bond acceptors (Lipinski definition) is 11. The molecule has 12 nitrogen and oxygen atoms in total. The van der Waals surface area contributed by atoms with Gasteiger partial charge in [-0.3, -0.25) is 4.72 Å². The van der Waals surface area contributed by atoms with Crippen molar-refractivity contribution in [2.45, 2.75) is 6.61 Å². The molecule has 0 radical (unpaired) electrons. The number of hydrogen-bond donors (Lipinski definition) is 1. The molecule has 1 aliphatic rings. The first kappa shape index (κ1) is 29.8. The molecule has 43 heavy (non-hydrogen) atoms. The van der Waals surface area contributed by atoms with Crippen molar-refractivity contribution in [3.63, 3.8) is 0 Å². The molecule has 0 saturated carbocycles. The minimum Gasteiger partial charge on any atom is -0.486 e. The van der Waals surface area contributed by atoms with Gasteiger partial charge in [0.25, 0.3) is 0 Å². The second-order valence-corrected chi connectivity index (χ2v) is 11.3. The van der Waals surface area contributed by atoms with Crippen LogP contribution in [0, 0.1) is 11.6 Å². The van der Waals surface area contributed by atoms with Crippen molar-refractivity contribution in [3.8, 4) is 22.9 Å². The van der Waals surface area contributed by atoms with Crippen LogP contribution in [0.15, 0.2) is 42.6 Å². The molecule has 0 amide bonds. The number of ether oxygens (including phenoxy) is 4. The minimum atomic E-state index is -3.70. The summed E-state index contributed by atoms with van der Waals surface area (Å²) in [6.07, 6.45) is 2.40. The Labute approximate surface area is 245 Å². The highest BCUT2D eigenvalue weighted by molar-refractivity contribution is 7.92. The summed E-state index contributed by atoms with van der Waals surface area (Å²) in [6, 6.07) is 7.63. The summed E-state index contributed by atoms with van der Waals surface area (Å²) in [4.78, 5) is 27.2. The molecule has 0 aliphatic carbocycles. The van der Waals surface area contributed by atoms with E-state index in [1.807, 2.05) is 4.90 Å². The highest BCUT2D eigenvalue weighted by Crippen LogP contribution is 2.37. The average molecular weight is 616 g/mol. The molecule has 1 N–H and O–H groups in total. The lowest BCUT2D eigenvalue weighted by Gasteiger charge is -2.27. The van der Waals surface area contributed by atoms with Gasteiger partial charge in [-0.25, -0.2) is 36.9 Å². The van der Waals surface area contributed by atoms with Crippen LogP contribution in [-0.2, 0) is 26.1 Å². The van der Waals surface area contributed by atoms with E-state index in [9.17, 15) is 17.6 Å². The number of nitrogens with one attached hydrogen (secondary N) is 1. The van der Waals surface area contributed by atoms with Crippen molar-refractivity contribution in [3.05, 3.63) is 65.4 Å². The van der Waals surface area contributed by atoms with Crippen LogP contribution in [0.3, 0.4) is 0 Å². The van der Waals surface area contributed by atoms with E-state index in [4.69, 9.17) is 19.2 Å². The van der Waals surface area contributed by atoms with Crippen LogP contribution in [0.4, 0.5) is 20.4 Å². The van der Waals surface area contributed by atoms with Crippen molar-refractivity contribution >= 4 is 38.5 Å². The second-order valence-electron chi connectivity index (χ2n) is 9.51. The normalized spacial score (nSPS) is 13.6. The predicted octanol–water partition coefficient (Wildman–Crippen LogP) is 3.55. The Morgan fingerprint density at radius 2 is 1.86 bits per heavy atom. The molecule has 0 atom stereocenters. The molecule has 4 aromatic rings. The molecule has 1 aliphatic heterocycles. The number of morpholine rings is 1. The summed E-state index contributed by atoms with van der Waals surface area (Å²) in [5.41, 5.74) is 1.02. The summed E-state index contributed by atoms with van der Waals surface area (Å²) in [6.45, 7) is 1.56. The summed E-state index contributed by atoms with van der Waals surface area (Å²) in [5.74, 6) is -1.74. The van der Waals surface area contributed by atoms with E-state index in [0.717, 1.165) is 18.4 Å². The SMILES string of the molecule is COC(=O)c1ccc(COc2cc(F)cc3c(-c4cnc(OC)c(NS(C)(=O)=O)c4)nc(N4CCOCC4)nc23)c(F)c1. The van der Waals surface area contributed by atoms with Crippen molar-refractivity contribution in [1.29, 1.82) is 0 Å². The first-order valence-corrected chi connectivity index (χ1v) is 14.8. The Bertz CT molecular complexity index is 1800. The van der Waals surface area contributed by atoms with Gasteiger partial charge in [0.05, 0.1) is 44.9 Å². The van der Waals surface area contributed by atoms with E-state index in [2.05, 4.69) is 19.4 Å². The van der Waals surface area contributed by atoms with E-state index < -0.39 is 27.6 Å². The Kier molecular flexibility index (Phi) is 8.54. The number of nitrogens with zero attached hydrogens (tertiary/aromatic N) is 4. The van der Waals surface area contributed by atoms with Gasteiger partial charge in [-0.15, -0.1) is 0 Å². The highest BCUT2D eigenvalue weighted by Gasteiger charge is 2.22. The first-order valence-electron chi connectivity index (χ1n) is 12.9. The van der Waals surface area contributed by atoms with Gasteiger partial charge in [0.15, 0.2) is 0 Å². The number of halogens is 2. The standard InChI is InChI=1S/C28H27F2N5O7S/c1-39-26-22(34-43(3,37)38)11-18(14-31-26)24-20-12-19(29)13-23(25(20)33-28(32-24)35-6-8-41-9-7-35)42-15-17-5-4-16(10-21(17)30)27(36)40-2/h4-5,10-14,34H,6-9,15H2,1-3H3. The topological polar surface area (TPSA) is 142 Å². The zero-order chi connectivity index (χ0) is 30.7. The molecular formula is C28H27F2N5O7S. The summed E-state index contributed by atoms with van der Waals surface area (Å²) < 4.78 is 77.4. The van der Waals surface area contributed by atoms with E-state index in [-0.39, 0.29) is 51.6 Å². The maximum Gasteiger partial charge on any atom is 0.337 e. The predicted molar refractivity (Wildman–Crippen MR) is 153 cm³/mol. The molecule has 15 heteroatoms. The van der Waals surface area contributed by atoms with Crippen LogP contribution in [0.25, 0.3) is 22.2 Å². The third-order valence-corrected chi connectivity index (χ3v) is 7.07. The van der Waals surface area contributed by atoms with Crippen LogP contribution in [0.1, 0.15) is 15.9 Å².